The molecule has 6 heteroatoms. The molecule has 2 aromatic rings. The summed E-state index contributed by atoms with van der Waals surface area (Å²) < 4.78 is 0. The molecule has 0 spiro atoms. The summed E-state index contributed by atoms with van der Waals surface area (Å²) in [5, 5.41) is 4.21. The maximum Gasteiger partial charge on any atom is 0.248 e. The van der Waals surface area contributed by atoms with E-state index in [1.165, 1.54) is 18.2 Å². The maximum absolute atomic E-state index is 11.9. The molecule has 0 aliphatic carbocycles. The molecule has 0 unspecified atom stereocenters. The van der Waals surface area contributed by atoms with Gasteiger partial charge in [-0.1, -0.05) is 58.5 Å². The van der Waals surface area contributed by atoms with Crippen LogP contribution in [0.3, 0.4) is 0 Å². The Morgan fingerprint density at radius 1 is 0.905 bits per heavy atom. The maximum atomic E-state index is 11.9. The van der Waals surface area contributed by atoms with Crippen molar-refractivity contribution in [2.45, 2.75) is 0 Å². The molecule has 0 atom stereocenters. The van der Waals surface area contributed by atoms with Crippen LogP contribution in [0.5, 0.6) is 0 Å². The lowest BCUT2D eigenvalue weighted by Crippen LogP contribution is -2.08. The summed E-state index contributed by atoms with van der Waals surface area (Å²) in [7, 11) is 0. The molecular weight excluding hydrogens is 352 g/mol. The van der Waals surface area contributed by atoms with Crippen molar-refractivity contribution in [2.75, 3.05) is 5.32 Å². The number of nitrogens with one attached hydrogen (secondary N) is 1. The van der Waals surface area contributed by atoms with Gasteiger partial charge in [0, 0.05) is 16.1 Å². The summed E-state index contributed by atoms with van der Waals surface area (Å²) in [6.07, 6.45) is 3.04. The van der Waals surface area contributed by atoms with Crippen LogP contribution in [-0.4, -0.2) is 5.91 Å². The van der Waals surface area contributed by atoms with Crippen molar-refractivity contribution >= 4 is 64.1 Å². The molecule has 0 radical (unpaired) electrons. The number of hydrogen-bond acceptors (Lipinski definition) is 1. The van der Waals surface area contributed by atoms with Gasteiger partial charge in [0.15, 0.2) is 0 Å². The molecule has 1 N–H and O–H groups in total. The molecule has 2 nitrogen and oxygen atoms in total. The van der Waals surface area contributed by atoms with Crippen LogP contribution in [0, 0.1) is 0 Å². The van der Waals surface area contributed by atoms with Gasteiger partial charge in [0.2, 0.25) is 5.91 Å². The third-order valence-electron chi connectivity index (χ3n) is 2.55. The fourth-order valence-electron chi connectivity index (χ4n) is 1.57. The number of hydrogen-bond donors (Lipinski definition) is 1. The van der Waals surface area contributed by atoms with Gasteiger partial charge in [-0.15, -0.1) is 0 Å². The Labute approximate surface area is 142 Å². The Morgan fingerprint density at radius 3 is 2.05 bits per heavy atom. The number of rotatable bonds is 3. The average Bonchev–Trinajstić information content (AvgIpc) is 2.42. The van der Waals surface area contributed by atoms with Gasteiger partial charge in [0.1, 0.15) is 0 Å². The van der Waals surface area contributed by atoms with Gasteiger partial charge in [0.05, 0.1) is 15.7 Å². The lowest BCUT2D eigenvalue weighted by molar-refractivity contribution is -0.111. The van der Waals surface area contributed by atoms with E-state index in [9.17, 15) is 4.79 Å². The second kappa shape index (κ2) is 7.19. The second-order valence-corrected chi connectivity index (χ2v) is 5.81. The Morgan fingerprint density at radius 2 is 1.48 bits per heavy atom. The van der Waals surface area contributed by atoms with Crippen LogP contribution in [-0.2, 0) is 4.79 Å². The number of amides is 1. The second-order valence-electron chi connectivity index (χ2n) is 4.12. The Kier molecular flexibility index (Phi) is 5.54. The predicted molar refractivity (Wildman–Crippen MR) is 90.6 cm³/mol. The van der Waals surface area contributed by atoms with E-state index in [1.54, 1.807) is 30.3 Å². The molecule has 0 aliphatic heterocycles. The minimum Gasteiger partial charge on any atom is -0.320 e. The molecule has 0 aliphatic rings. The molecule has 2 rings (SSSR count). The van der Waals surface area contributed by atoms with Crippen LogP contribution in [0.2, 0.25) is 20.1 Å². The van der Waals surface area contributed by atoms with E-state index >= 15 is 0 Å². The van der Waals surface area contributed by atoms with Crippen molar-refractivity contribution in [1.29, 1.82) is 0 Å². The van der Waals surface area contributed by atoms with E-state index in [0.717, 1.165) is 5.56 Å². The van der Waals surface area contributed by atoms with Gasteiger partial charge in [-0.3, -0.25) is 4.79 Å². The monoisotopic (exact) mass is 359 g/mol. The van der Waals surface area contributed by atoms with Crippen molar-refractivity contribution in [2.24, 2.45) is 0 Å². The topological polar surface area (TPSA) is 29.1 Å². The quantitative estimate of drug-likeness (QED) is 0.673. The van der Waals surface area contributed by atoms with Crippen LogP contribution in [0.15, 0.2) is 42.5 Å². The van der Waals surface area contributed by atoms with E-state index in [2.05, 4.69) is 5.32 Å². The minimum atomic E-state index is -0.351. The van der Waals surface area contributed by atoms with E-state index in [4.69, 9.17) is 46.4 Å². The highest BCUT2D eigenvalue weighted by Gasteiger charge is 2.09. The van der Waals surface area contributed by atoms with Crippen LogP contribution in [0.1, 0.15) is 5.56 Å². The first-order chi connectivity index (χ1) is 9.95. The van der Waals surface area contributed by atoms with E-state index in [0.29, 0.717) is 15.7 Å². The third-order valence-corrected chi connectivity index (χ3v) is 3.62. The number of benzene rings is 2. The highest BCUT2D eigenvalue weighted by Crippen LogP contribution is 2.33. The summed E-state index contributed by atoms with van der Waals surface area (Å²) in [5.74, 6) is -0.351. The van der Waals surface area contributed by atoms with Crippen molar-refractivity contribution in [3.63, 3.8) is 0 Å². The Bertz CT molecular complexity index is 672. The van der Waals surface area contributed by atoms with E-state index in [1.807, 2.05) is 0 Å². The first-order valence-electron chi connectivity index (χ1n) is 5.85. The summed E-state index contributed by atoms with van der Waals surface area (Å²) in [6, 6.07) is 10.1. The van der Waals surface area contributed by atoms with Crippen molar-refractivity contribution < 1.29 is 4.79 Å². The van der Waals surface area contributed by atoms with Gasteiger partial charge in [0.25, 0.3) is 0 Å². The normalized spacial score (nSPS) is 10.9. The van der Waals surface area contributed by atoms with Gasteiger partial charge < -0.3 is 5.32 Å². The molecule has 0 fully saturated rings. The van der Waals surface area contributed by atoms with E-state index in [-0.39, 0.29) is 16.0 Å². The molecule has 108 valence electrons. The first kappa shape index (κ1) is 16.2. The molecule has 1 amide bonds. The fourth-order valence-corrected chi connectivity index (χ4v) is 2.61. The molecule has 0 bridgehead atoms. The summed E-state index contributed by atoms with van der Waals surface area (Å²) in [6.45, 7) is 0. The molecule has 2 aromatic carbocycles. The average molecular weight is 361 g/mol. The summed E-state index contributed by atoms with van der Waals surface area (Å²) in [4.78, 5) is 11.9. The zero-order valence-corrected chi connectivity index (χ0v) is 13.6. The lowest BCUT2D eigenvalue weighted by atomic mass is 10.2. The standard InChI is InChI=1S/C15H9Cl4NO/c16-10-4-1-9(2-5-10)3-6-14(21)20-15-12(18)7-11(17)8-13(15)19/h1-8H,(H,20,21)/b6-3+. The van der Waals surface area contributed by atoms with Crippen molar-refractivity contribution in [3.05, 3.63) is 68.1 Å². The number of anilines is 1. The third kappa shape index (κ3) is 4.65. The number of carbonyl (C=O) groups is 1. The Hall–Kier alpha value is -1.19. The van der Waals surface area contributed by atoms with Crippen molar-refractivity contribution in [3.8, 4) is 0 Å². The highest BCUT2D eigenvalue weighted by atomic mass is 35.5. The zero-order valence-electron chi connectivity index (χ0n) is 10.5. The predicted octanol–water partition coefficient (Wildman–Crippen LogP) is 5.95. The van der Waals surface area contributed by atoms with Crippen LogP contribution < -0.4 is 5.32 Å². The molecular formula is C15H9Cl4NO. The summed E-state index contributed by atoms with van der Waals surface area (Å²) in [5.41, 5.74) is 1.18. The first-order valence-corrected chi connectivity index (χ1v) is 7.36. The molecule has 0 heterocycles. The van der Waals surface area contributed by atoms with Crippen LogP contribution >= 0.6 is 46.4 Å². The van der Waals surface area contributed by atoms with Gasteiger partial charge >= 0.3 is 0 Å². The number of halogens is 4. The zero-order chi connectivity index (χ0) is 15.4. The minimum absolute atomic E-state index is 0.278. The molecule has 21 heavy (non-hydrogen) atoms. The smallest absolute Gasteiger partial charge is 0.248 e. The molecule has 0 saturated carbocycles. The lowest BCUT2D eigenvalue weighted by Gasteiger charge is -2.07. The Balaban J connectivity index is 2.10. The van der Waals surface area contributed by atoms with Crippen LogP contribution in [0.25, 0.3) is 6.08 Å². The van der Waals surface area contributed by atoms with Crippen molar-refractivity contribution in [1.82, 2.24) is 0 Å². The van der Waals surface area contributed by atoms with Crippen LogP contribution in [0.4, 0.5) is 5.69 Å². The highest BCUT2D eigenvalue weighted by molar-refractivity contribution is 6.42. The van der Waals surface area contributed by atoms with Gasteiger partial charge in [-0.2, -0.15) is 0 Å². The molecule has 0 saturated heterocycles. The van der Waals surface area contributed by atoms with Gasteiger partial charge in [-0.25, -0.2) is 0 Å². The van der Waals surface area contributed by atoms with E-state index < -0.39 is 0 Å². The number of carbonyl (C=O) groups excluding carboxylic acids is 1. The largest absolute Gasteiger partial charge is 0.320 e. The molecule has 0 aromatic heterocycles. The SMILES string of the molecule is O=C(/C=C/c1ccc(Cl)cc1)Nc1c(Cl)cc(Cl)cc1Cl. The fraction of sp³-hybridized carbons (Fsp3) is 0. The summed E-state index contributed by atoms with van der Waals surface area (Å²) >= 11 is 23.6. The van der Waals surface area contributed by atoms with Gasteiger partial charge in [-0.05, 0) is 35.9 Å².